The van der Waals surface area contributed by atoms with E-state index in [1.807, 2.05) is 11.3 Å². The molecule has 5 heteroatoms. The Hall–Kier alpha value is -0.580. The molecule has 1 atom stereocenters. The average Bonchev–Trinajstić information content (AvgIpc) is 2.89. The zero-order chi connectivity index (χ0) is 13.1. The number of fused-ring (bicyclic) bond motifs is 1. The van der Waals surface area contributed by atoms with Crippen LogP contribution >= 0.6 is 36.2 Å². The van der Waals surface area contributed by atoms with Crippen LogP contribution in [0.25, 0.3) is 10.1 Å². The largest absolute Gasteiger partial charge is 0.314 e. The van der Waals surface area contributed by atoms with Crippen molar-refractivity contribution in [3.05, 3.63) is 47.9 Å². The summed E-state index contributed by atoms with van der Waals surface area (Å²) in [6.45, 7) is 8.39. The highest BCUT2D eigenvalue weighted by molar-refractivity contribution is 7.17. The van der Waals surface area contributed by atoms with Crippen molar-refractivity contribution in [2.75, 3.05) is 26.2 Å². The van der Waals surface area contributed by atoms with E-state index in [0.717, 1.165) is 32.6 Å². The fraction of sp³-hybridized carbons (Fsp3) is 0.375. The summed E-state index contributed by atoms with van der Waals surface area (Å²) in [5.41, 5.74) is 1.47. The molecule has 1 aliphatic heterocycles. The third-order valence-corrected chi connectivity index (χ3v) is 4.83. The van der Waals surface area contributed by atoms with Crippen molar-refractivity contribution >= 4 is 46.2 Å². The standard InChI is InChI=1S/C16H20N2S.2ClH/c1-2-5-15(18-10-8-17-9-11-18)14-12-19-16-7-4-3-6-13(14)16;;/h2-4,6-7,12,15,17H,1,5,8-11H2;2*1H/t15-;;/m0../s1. The molecule has 1 aliphatic rings. The second kappa shape index (κ2) is 8.76. The van der Waals surface area contributed by atoms with Crippen LogP contribution in [-0.4, -0.2) is 31.1 Å². The van der Waals surface area contributed by atoms with E-state index in [1.165, 1.54) is 15.6 Å². The molecule has 0 spiro atoms. The normalized spacial score (nSPS) is 16.8. The fourth-order valence-corrected chi connectivity index (χ4v) is 3.89. The van der Waals surface area contributed by atoms with Crippen LogP contribution in [0, 0.1) is 0 Å². The molecular weight excluding hydrogens is 323 g/mol. The Morgan fingerprint density at radius 3 is 2.67 bits per heavy atom. The Bertz CT molecular complexity index is 564. The van der Waals surface area contributed by atoms with E-state index in [4.69, 9.17) is 0 Å². The summed E-state index contributed by atoms with van der Waals surface area (Å²) < 4.78 is 1.39. The zero-order valence-corrected chi connectivity index (χ0v) is 14.4. The van der Waals surface area contributed by atoms with Crippen molar-refractivity contribution in [2.24, 2.45) is 0 Å². The molecule has 2 heterocycles. The lowest BCUT2D eigenvalue weighted by Gasteiger charge is -2.34. The molecule has 1 saturated heterocycles. The summed E-state index contributed by atoms with van der Waals surface area (Å²) in [7, 11) is 0. The molecule has 1 aromatic heterocycles. The second-order valence-corrected chi connectivity index (χ2v) is 5.92. The lowest BCUT2D eigenvalue weighted by Crippen LogP contribution is -2.45. The first-order valence-electron chi connectivity index (χ1n) is 6.92. The van der Waals surface area contributed by atoms with Crippen molar-refractivity contribution < 1.29 is 0 Å². The molecule has 0 aliphatic carbocycles. The van der Waals surface area contributed by atoms with Gasteiger partial charge in [0.1, 0.15) is 0 Å². The van der Waals surface area contributed by atoms with Gasteiger partial charge in [0.25, 0.3) is 0 Å². The Labute approximate surface area is 143 Å². The molecule has 21 heavy (non-hydrogen) atoms. The van der Waals surface area contributed by atoms with Gasteiger partial charge in [-0.2, -0.15) is 0 Å². The number of nitrogens with zero attached hydrogens (tertiary/aromatic N) is 1. The summed E-state index contributed by atoms with van der Waals surface area (Å²) in [6, 6.07) is 9.21. The monoisotopic (exact) mass is 344 g/mol. The Morgan fingerprint density at radius 1 is 1.24 bits per heavy atom. The van der Waals surface area contributed by atoms with Crippen LogP contribution in [0.1, 0.15) is 18.0 Å². The maximum absolute atomic E-state index is 3.95. The van der Waals surface area contributed by atoms with Crippen molar-refractivity contribution in [2.45, 2.75) is 12.5 Å². The van der Waals surface area contributed by atoms with Gasteiger partial charge in [0.2, 0.25) is 0 Å². The van der Waals surface area contributed by atoms with E-state index in [2.05, 4.69) is 52.5 Å². The van der Waals surface area contributed by atoms with Gasteiger partial charge in [-0.3, -0.25) is 4.90 Å². The molecule has 2 nitrogen and oxygen atoms in total. The van der Waals surface area contributed by atoms with E-state index in [-0.39, 0.29) is 24.8 Å². The van der Waals surface area contributed by atoms with Crippen LogP contribution < -0.4 is 5.32 Å². The van der Waals surface area contributed by atoms with E-state index >= 15 is 0 Å². The van der Waals surface area contributed by atoms with Gasteiger partial charge in [0.15, 0.2) is 0 Å². The predicted octanol–water partition coefficient (Wildman–Crippen LogP) is 4.27. The van der Waals surface area contributed by atoms with Gasteiger partial charge in [0, 0.05) is 36.9 Å². The van der Waals surface area contributed by atoms with E-state index in [1.54, 1.807) is 0 Å². The minimum Gasteiger partial charge on any atom is -0.314 e. The molecule has 1 fully saturated rings. The topological polar surface area (TPSA) is 15.3 Å². The Morgan fingerprint density at radius 2 is 1.95 bits per heavy atom. The number of hydrogen-bond acceptors (Lipinski definition) is 3. The number of rotatable bonds is 4. The molecule has 3 rings (SSSR count). The second-order valence-electron chi connectivity index (χ2n) is 5.01. The predicted molar refractivity (Wildman–Crippen MR) is 98.3 cm³/mol. The van der Waals surface area contributed by atoms with Gasteiger partial charge in [-0.25, -0.2) is 0 Å². The molecule has 2 aromatic rings. The molecule has 0 saturated carbocycles. The number of benzene rings is 1. The highest BCUT2D eigenvalue weighted by Crippen LogP contribution is 2.35. The van der Waals surface area contributed by atoms with Crippen LogP contribution in [0.3, 0.4) is 0 Å². The average molecular weight is 345 g/mol. The van der Waals surface area contributed by atoms with Gasteiger partial charge in [-0.05, 0) is 28.8 Å². The summed E-state index contributed by atoms with van der Waals surface area (Å²) in [6.07, 6.45) is 3.08. The third-order valence-electron chi connectivity index (χ3n) is 3.85. The van der Waals surface area contributed by atoms with Crippen LogP contribution in [0.15, 0.2) is 42.3 Å². The maximum atomic E-state index is 3.95. The first kappa shape index (κ1) is 18.5. The van der Waals surface area contributed by atoms with Gasteiger partial charge in [-0.1, -0.05) is 24.3 Å². The van der Waals surface area contributed by atoms with Gasteiger partial charge in [0.05, 0.1) is 0 Å². The van der Waals surface area contributed by atoms with Crippen LogP contribution in [-0.2, 0) is 0 Å². The molecular formula is C16H22Cl2N2S. The number of halogens is 2. The summed E-state index contributed by atoms with van der Waals surface area (Å²) in [5, 5.41) is 7.18. The maximum Gasteiger partial charge on any atom is 0.0397 e. The van der Waals surface area contributed by atoms with Crippen molar-refractivity contribution in [1.29, 1.82) is 0 Å². The number of thiophene rings is 1. The minimum atomic E-state index is 0. The lowest BCUT2D eigenvalue weighted by atomic mass is 10.0. The minimum absolute atomic E-state index is 0. The van der Waals surface area contributed by atoms with E-state index < -0.39 is 0 Å². The van der Waals surface area contributed by atoms with Crippen LogP contribution in [0.2, 0.25) is 0 Å². The SMILES string of the molecule is C=CC[C@@H](c1csc2ccccc12)N1CCNCC1.Cl.Cl. The number of nitrogens with one attached hydrogen (secondary N) is 1. The number of hydrogen-bond donors (Lipinski definition) is 1. The lowest BCUT2D eigenvalue weighted by molar-refractivity contribution is 0.176. The summed E-state index contributed by atoms with van der Waals surface area (Å²) >= 11 is 1.86. The van der Waals surface area contributed by atoms with Gasteiger partial charge >= 0.3 is 0 Å². The van der Waals surface area contributed by atoms with Gasteiger partial charge in [-0.15, -0.1) is 42.7 Å². The van der Waals surface area contributed by atoms with Crippen molar-refractivity contribution in [3.8, 4) is 0 Å². The van der Waals surface area contributed by atoms with E-state index in [9.17, 15) is 0 Å². The van der Waals surface area contributed by atoms with Crippen LogP contribution in [0.4, 0.5) is 0 Å². The zero-order valence-electron chi connectivity index (χ0n) is 12.0. The first-order chi connectivity index (χ1) is 9.40. The highest BCUT2D eigenvalue weighted by atomic mass is 35.5. The Balaban J connectivity index is 0.00000110. The molecule has 116 valence electrons. The van der Waals surface area contributed by atoms with Gasteiger partial charge < -0.3 is 5.32 Å². The third kappa shape index (κ3) is 3.99. The summed E-state index contributed by atoms with van der Waals surface area (Å²) in [4.78, 5) is 2.59. The van der Waals surface area contributed by atoms with E-state index in [0.29, 0.717) is 6.04 Å². The van der Waals surface area contributed by atoms with Crippen molar-refractivity contribution in [1.82, 2.24) is 10.2 Å². The molecule has 0 radical (unpaired) electrons. The number of piperazine rings is 1. The molecule has 0 bridgehead atoms. The molecule has 1 N–H and O–H groups in total. The molecule has 0 unspecified atom stereocenters. The Kier molecular flexibility index (Phi) is 7.71. The molecule has 0 amide bonds. The van der Waals surface area contributed by atoms with Crippen LogP contribution in [0.5, 0.6) is 0 Å². The first-order valence-corrected chi connectivity index (χ1v) is 7.80. The summed E-state index contributed by atoms with van der Waals surface area (Å²) in [5.74, 6) is 0. The molecule has 1 aromatic carbocycles. The fourth-order valence-electron chi connectivity index (χ4n) is 2.88. The smallest absolute Gasteiger partial charge is 0.0397 e. The highest BCUT2D eigenvalue weighted by Gasteiger charge is 2.23. The quantitative estimate of drug-likeness (QED) is 0.833. The van der Waals surface area contributed by atoms with Crippen molar-refractivity contribution in [3.63, 3.8) is 0 Å².